The van der Waals surface area contributed by atoms with Crippen LogP contribution in [0.3, 0.4) is 0 Å². The van der Waals surface area contributed by atoms with E-state index in [2.05, 4.69) is 38.1 Å². The molecule has 1 aromatic heterocycles. The van der Waals surface area contributed by atoms with Gasteiger partial charge in [-0.15, -0.1) is 11.3 Å². The molecule has 3 heteroatoms. The van der Waals surface area contributed by atoms with Gasteiger partial charge in [0.1, 0.15) is 5.01 Å². The maximum absolute atomic E-state index is 5.74. The van der Waals surface area contributed by atoms with Gasteiger partial charge in [0.05, 0.1) is 5.69 Å². The monoisotopic (exact) mass is 280 g/mol. The van der Waals surface area contributed by atoms with Gasteiger partial charge in [0.2, 0.25) is 0 Å². The van der Waals surface area contributed by atoms with Crippen LogP contribution in [-0.2, 0) is 0 Å². The van der Waals surface area contributed by atoms with E-state index in [0.29, 0.717) is 0 Å². The molecule has 0 saturated carbocycles. The summed E-state index contributed by atoms with van der Waals surface area (Å²) in [5.41, 5.74) is 11.2. The van der Waals surface area contributed by atoms with Crippen molar-refractivity contribution in [2.45, 2.75) is 13.8 Å². The first kappa shape index (κ1) is 12.9. The quantitative estimate of drug-likeness (QED) is 0.692. The number of anilines is 1. The third-order valence-electron chi connectivity index (χ3n) is 3.36. The highest BCUT2D eigenvalue weighted by atomic mass is 32.1. The fraction of sp³-hybridized carbons (Fsp3) is 0.118. The number of benzene rings is 2. The molecule has 20 heavy (non-hydrogen) atoms. The van der Waals surface area contributed by atoms with Gasteiger partial charge in [0.15, 0.2) is 0 Å². The van der Waals surface area contributed by atoms with Gasteiger partial charge in [-0.25, -0.2) is 4.98 Å². The van der Waals surface area contributed by atoms with Crippen LogP contribution >= 0.6 is 11.3 Å². The van der Waals surface area contributed by atoms with Gasteiger partial charge in [0, 0.05) is 21.7 Å². The van der Waals surface area contributed by atoms with E-state index in [1.807, 2.05) is 24.3 Å². The molecule has 100 valence electrons. The van der Waals surface area contributed by atoms with Crippen LogP contribution in [0.15, 0.2) is 48.5 Å². The average Bonchev–Trinajstić information content (AvgIpc) is 2.82. The number of hydrogen-bond acceptors (Lipinski definition) is 3. The minimum Gasteiger partial charge on any atom is -0.399 e. The number of aryl methyl sites for hydroxylation is 2. The van der Waals surface area contributed by atoms with Crippen molar-refractivity contribution in [3.63, 3.8) is 0 Å². The molecular weight excluding hydrogens is 264 g/mol. The molecule has 0 saturated heterocycles. The minimum atomic E-state index is 0.778. The molecule has 0 aliphatic carbocycles. The molecule has 0 amide bonds. The lowest BCUT2D eigenvalue weighted by molar-refractivity contribution is 1.35. The van der Waals surface area contributed by atoms with Crippen LogP contribution in [0.5, 0.6) is 0 Å². The summed E-state index contributed by atoms with van der Waals surface area (Å²) in [6.07, 6.45) is 0. The molecule has 0 spiro atoms. The summed E-state index contributed by atoms with van der Waals surface area (Å²) in [6, 6.07) is 16.2. The van der Waals surface area contributed by atoms with E-state index in [-0.39, 0.29) is 0 Å². The van der Waals surface area contributed by atoms with Crippen molar-refractivity contribution >= 4 is 17.0 Å². The van der Waals surface area contributed by atoms with Crippen LogP contribution in [0.25, 0.3) is 21.8 Å². The van der Waals surface area contributed by atoms with Crippen molar-refractivity contribution in [3.8, 4) is 21.8 Å². The van der Waals surface area contributed by atoms with Gasteiger partial charge in [-0.05, 0) is 31.5 Å². The third-order valence-corrected chi connectivity index (χ3v) is 4.36. The average molecular weight is 280 g/mol. The second-order valence-electron chi connectivity index (χ2n) is 4.86. The Hall–Kier alpha value is -2.13. The van der Waals surface area contributed by atoms with E-state index in [4.69, 9.17) is 10.7 Å². The molecule has 0 aliphatic rings. The molecule has 2 N–H and O–H groups in total. The Morgan fingerprint density at radius 3 is 2.35 bits per heavy atom. The van der Waals surface area contributed by atoms with Crippen molar-refractivity contribution in [2.75, 3.05) is 5.73 Å². The first-order chi connectivity index (χ1) is 9.65. The van der Waals surface area contributed by atoms with Crippen molar-refractivity contribution in [3.05, 3.63) is 59.0 Å². The number of aromatic nitrogens is 1. The maximum atomic E-state index is 5.74. The van der Waals surface area contributed by atoms with Crippen LogP contribution in [0.2, 0.25) is 0 Å². The molecule has 0 bridgehead atoms. The van der Waals surface area contributed by atoms with Gasteiger partial charge < -0.3 is 5.73 Å². The largest absolute Gasteiger partial charge is 0.399 e. The fourth-order valence-electron chi connectivity index (χ4n) is 2.23. The van der Waals surface area contributed by atoms with Crippen LogP contribution < -0.4 is 5.73 Å². The highest BCUT2D eigenvalue weighted by molar-refractivity contribution is 7.15. The molecule has 0 unspecified atom stereocenters. The number of nitrogen functional groups attached to an aromatic ring is 1. The van der Waals surface area contributed by atoms with E-state index >= 15 is 0 Å². The zero-order valence-corrected chi connectivity index (χ0v) is 12.4. The van der Waals surface area contributed by atoms with Crippen molar-refractivity contribution < 1.29 is 0 Å². The second-order valence-corrected chi connectivity index (χ2v) is 6.06. The standard InChI is InChI=1S/C17H16N2S/c1-11-5-3-4-6-15(11)17-19-16(12(2)20-17)13-7-9-14(18)10-8-13/h3-10H,18H2,1-2H3. The van der Waals surface area contributed by atoms with E-state index in [1.54, 1.807) is 11.3 Å². The van der Waals surface area contributed by atoms with E-state index in [0.717, 1.165) is 22.0 Å². The first-order valence-electron chi connectivity index (χ1n) is 6.54. The van der Waals surface area contributed by atoms with Gasteiger partial charge in [-0.2, -0.15) is 0 Å². The Kier molecular flexibility index (Phi) is 3.28. The lowest BCUT2D eigenvalue weighted by Crippen LogP contribution is -1.86. The SMILES string of the molecule is Cc1ccccc1-c1nc(-c2ccc(N)cc2)c(C)s1. The number of nitrogens with zero attached hydrogens (tertiary/aromatic N) is 1. The van der Waals surface area contributed by atoms with E-state index in [1.165, 1.54) is 16.0 Å². The molecule has 2 nitrogen and oxygen atoms in total. The van der Waals surface area contributed by atoms with Crippen molar-refractivity contribution in [2.24, 2.45) is 0 Å². The topological polar surface area (TPSA) is 38.9 Å². The Morgan fingerprint density at radius 1 is 0.950 bits per heavy atom. The lowest BCUT2D eigenvalue weighted by Gasteiger charge is -2.01. The summed E-state index contributed by atoms with van der Waals surface area (Å²) >= 11 is 1.74. The Labute approximate surface area is 122 Å². The van der Waals surface area contributed by atoms with E-state index < -0.39 is 0 Å². The van der Waals surface area contributed by atoms with Crippen LogP contribution in [0, 0.1) is 13.8 Å². The summed E-state index contributed by atoms with van der Waals surface area (Å²) < 4.78 is 0. The van der Waals surface area contributed by atoms with Gasteiger partial charge in [-0.1, -0.05) is 36.4 Å². The molecule has 3 rings (SSSR count). The lowest BCUT2D eigenvalue weighted by atomic mass is 10.1. The smallest absolute Gasteiger partial charge is 0.124 e. The maximum Gasteiger partial charge on any atom is 0.124 e. The number of rotatable bonds is 2. The summed E-state index contributed by atoms with van der Waals surface area (Å²) in [4.78, 5) is 6.05. The van der Waals surface area contributed by atoms with Crippen molar-refractivity contribution in [1.29, 1.82) is 0 Å². The number of thiazole rings is 1. The first-order valence-corrected chi connectivity index (χ1v) is 7.36. The Balaban J connectivity index is 2.08. The molecule has 0 radical (unpaired) electrons. The number of hydrogen-bond donors (Lipinski definition) is 1. The molecular formula is C17H16N2S. The van der Waals surface area contributed by atoms with Gasteiger partial charge in [0.25, 0.3) is 0 Å². The van der Waals surface area contributed by atoms with Crippen LogP contribution in [0.1, 0.15) is 10.4 Å². The highest BCUT2D eigenvalue weighted by Gasteiger charge is 2.12. The summed E-state index contributed by atoms with van der Waals surface area (Å²) in [7, 11) is 0. The molecule has 2 aromatic carbocycles. The van der Waals surface area contributed by atoms with Crippen LogP contribution in [0.4, 0.5) is 5.69 Å². The fourth-order valence-corrected chi connectivity index (χ4v) is 3.26. The van der Waals surface area contributed by atoms with Gasteiger partial charge >= 0.3 is 0 Å². The predicted octanol–water partition coefficient (Wildman–Crippen LogP) is 4.68. The number of nitrogens with two attached hydrogens (primary N) is 1. The predicted molar refractivity (Wildman–Crippen MR) is 86.9 cm³/mol. The van der Waals surface area contributed by atoms with Crippen molar-refractivity contribution in [1.82, 2.24) is 4.98 Å². The molecule has 0 fully saturated rings. The molecule has 1 heterocycles. The Morgan fingerprint density at radius 2 is 1.65 bits per heavy atom. The molecule has 0 atom stereocenters. The normalized spacial score (nSPS) is 10.7. The zero-order valence-electron chi connectivity index (χ0n) is 11.6. The second kappa shape index (κ2) is 5.10. The summed E-state index contributed by atoms with van der Waals surface area (Å²) in [6.45, 7) is 4.24. The van der Waals surface area contributed by atoms with Gasteiger partial charge in [-0.3, -0.25) is 0 Å². The molecule has 3 aromatic rings. The highest BCUT2D eigenvalue weighted by Crippen LogP contribution is 2.34. The Bertz CT molecular complexity index is 742. The minimum absolute atomic E-state index is 0.778. The zero-order chi connectivity index (χ0) is 14.1. The van der Waals surface area contributed by atoms with Crippen LogP contribution in [-0.4, -0.2) is 4.98 Å². The summed E-state index contributed by atoms with van der Waals surface area (Å²) in [5, 5.41) is 1.08. The molecule has 0 aliphatic heterocycles. The summed E-state index contributed by atoms with van der Waals surface area (Å²) in [5.74, 6) is 0. The third kappa shape index (κ3) is 2.32. The van der Waals surface area contributed by atoms with E-state index in [9.17, 15) is 0 Å².